The van der Waals surface area contributed by atoms with Gasteiger partial charge in [-0.2, -0.15) is 4.98 Å². The topological polar surface area (TPSA) is 61.8 Å². The lowest BCUT2D eigenvalue weighted by molar-refractivity contribution is -0.145. The van der Waals surface area contributed by atoms with Gasteiger partial charge in [-0.15, -0.1) is 0 Å². The van der Waals surface area contributed by atoms with Gasteiger partial charge in [-0.25, -0.2) is 4.98 Å². The molecular weight excluding hydrogens is 390 g/mol. The van der Waals surface area contributed by atoms with E-state index in [9.17, 15) is 4.79 Å². The summed E-state index contributed by atoms with van der Waals surface area (Å²) in [5.41, 5.74) is -0.0387. The van der Waals surface area contributed by atoms with Crippen LogP contribution in [0.25, 0.3) is 0 Å². The van der Waals surface area contributed by atoms with E-state index in [2.05, 4.69) is 14.9 Å². The number of piperazine rings is 1. The van der Waals surface area contributed by atoms with Crippen molar-refractivity contribution in [2.75, 3.05) is 50.1 Å². The number of halogens is 1. The fourth-order valence-corrected chi connectivity index (χ4v) is 3.36. The normalized spacial score (nSPS) is 14.7. The fourth-order valence-electron chi connectivity index (χ4n) is 3.24. The third-order valence-corrected chi connectivity index (χ3v) is 5.09. The lowest BCUT2D eigenvalue weighted by Crippen LogP contribution is -2.56. The van der Waals surface area contributed by atoms with E-state index in [1.807, 2.05) is 36.9 Å². The molecule has 7 nitrogen and oxygen atoms in total. The highest BCUT2D eigenvalue weighted by Crippen LogP contribution is 2.24. The summed E-state index contributed by atoms with van der Waals surface area (Å²) < 4.78 is 5.95. The Balaban J connectivity index is 1.64. The molecular formula is C21H28ClN5O2. The zero-order valence-electron chi connectivity index (χ0n) is 17.6. The Labute approximate surface area is 177 Å². The predicted molar refractivity (Wildman–Crippen MR) is 116 cm³/mol. The summed E-state index contributed by atoms with van der Waals surface area (Å²) in [6.07, 6.45) is 0. The summed E-state index contributed by atoms with van der Waals surface area (Å²) in [4.78, 5) is 28.2. The number of amides is 1. The molecule has 2 heterocycles. The molecule has 0 aliphatic carbocycles. The Kier molecular flexibility index (Phi) is 6.17. The van der Waals surface area contributed by atoms with Crippen LogP contribution in [0.15, 0.2) is 30.3 Å². The first-order chi connectivity index (χ1) is 13.7. The largest absolute Gasteiger partial charge is 0.478 e. The Hall–Kier alpha value is -2.54. The minimum atomic E-state index is -0.964. The molecule has 0 spiro atoms. The molecule has 0 saturated carbocycles. The van der Waals surface area contributed by atoms with Gasteiger partial charge < -0.3 is 19.4 Å². The third-order valence-electron chi connectivity index (χ3n) is 4.84. The lowest BCUT2D eigenvalue weighted by Gasteiger charge is -2.38. The quantitative estimate of drug-likeness (QED) is 0.745. The number of hydrogen-bond acceptors (Lipinski definition) is 6. The third kappa shape index (κ3) is 5.09. The number of ether oxygens (including phenoxy) is 1. The van der Waals surface area contributed by atoms with Crippen molar-refractivity contribution in [3.8, 4) is 5.75 Å². The van der Waals surface area contributed by atoms with Crippen LogP contribution in [-0.4, -0.2) is 66.7 Å². The summed E-state index contributed by atoms with van der Waals surface area (Å²) >= 11 is 5.92. The van der Waals surface area contributed by atoms with Crippen LogP contribution in [0.2, 0.25) is 5.02 Å². The molecule has 8 heteroatoms. The molecule has 0 bridgehead atoms. The van der Waals surface area contributed by atoms with Gasteiger partial charge in [0, 0.05) is 57.1 Å². The van der Waals surface area contributed by atoms with Crippen LogP contribution >= 0.6 is 11.6 Å². The molecule has 2 aromatic rings. The first kappa shape index (κ1) is 21.2. The predicted octanol–water partition coefficient (Wildman–Crippen LogP) is 3.01. The fraction of sp³-hybridized carbons (Fsp3) is 0.476. The van der Waals surface area contributed by atoms with Crippen molar-refractivity contribution in [3.63, 3.8) is 0 Å². The second-order valence-corrected chi connectivity index (χ2v) is 8.34. The first-order valence-corrected chi connectivity index (χ1v) is 10.1. The molecule has 3 rings (SSSR count). The van der Waals surface area contributed by atoms with Crippen LogP contribution in [-0.2, 0) is 4.79 Å². The van der Waals surface area contributed by atoms with Crippen LogP contribution in [0.3, 0.4) is 0 Å². The van der Waals surface area contributed by atoms with Crippen molar-refractivity contribution in [3.05, 3.63) is 41.0 Å². The number of rotatable bonds is 5. The monoisotopic (exact) mass is 417 g/mol. The highest BCUT2D eigenvalue weighted by atomic mass is 35.5. The van der Waals surface area contributed by atoms with Crippen molar-refractivity contribution >= 4 is 29.3 Å². The molecule has 1 aliphatic heterocycles. The van der Waals surface area contributed by atoms with Gasteiger partial charge in [-0.1, -0.05) is 11.6 Å². The van der Waals surface area contributed by atoms with Gasteiger partial charge in [0.1, 0.15) is 11.6 Å². The molecule has 0 unspecified atom stereocenters. The van der Waals surface area contributed by atoms with Gasteiger partial charge in [0.15, 0.2) is 5.60 Å². The van der Waals surface area contributed by atoms with E-state index in [0.29, 0.717) is 42.9 Å². The number of aromatic nitrogens is 2. The van der Waals surface area contributed by atoms with E-state index in [1.54, 1.807) is 38.1 Å². The molecule has 1 amide bonds. The zero-order valence-corrected chi connectivity index (χ0v) is 18.4. The summed E-state index contributed by atoms with van der Waals surface area (Å²) in [5, 5.41) is 0.633. The number of nitrogens with zero attached hydrogens (tertiary/aromatic N) is 5. The molecule has 0 radical (unpaired) electrons. The number of benzene rings is 1. The number of anilines is 2. The molecule has 1 saturated heterocycles. The van der Waals surface area contributed by atoms with E-state index >= 15 is 0 Å². The summed E-state index contributed by atoms with van der Waals surface area (Å²) in [5.74, 6) is 2.17. The zero-order chi connectivity index (χ0) is 21.2. The molecule has 156 valence electrons. The minimum absolute atomic E-state index is 0.0359. The molecule has 0 atom stereocenters. The van der Waals surface area contributed by atoms with E-state index in [-0.39, 0.29) is 5.91 Å². The molecule has 1 aliphatic rings. The number of hydrogen-bond donors (Lipinski definition) is 0. The highest BCUT2D eigenvalue weighted by Gasteiger charge is 2.36. The summed E-state index contributed by atoms with van der Waals surface area (Å²) in [6.45, 7) is 8.11. The number of carbonyl (C=O) groups excluding carboxylic acids is 1. The van der Waals surface area contributed by atoms with Crippen LogP contribution in [0.1, 0.15) is 19.5 Å². The van der Waals surface area contributed by atoms with Crippen LogP contribution in [0.5, 0.6) is 5.75 Å². The van der Waals surface area contributed by atoms with Crippen molar-refractivity contribution in [1.82, 2.24) is 14.9 Å². The number of aryl methyl sites for hydroxylation is 1. The maximum atomic E-state index is 13.1. The van der Waals surface area contributed by atoms with E-state index in [0.717, 1.165) is 11.5 Å². The standard InChI is InChI=1S/C21H28ClN5O2/c1-15-14-18(25(4)5)24-20(23-15)27-12-10-26(11-13-27)19(28)21(2,3)29-17-8-6-16(22)7-9-17/h6-9,14H,10-13H2,1-5H3. The van der Waals surface area contributed by atoms with E-state index in [1.165, 1.54) is 0 Å². The van der Waals surface area contributed by atoms with Gasteiger partial charge in [0.2, 0.25) is 5.95 Å². The van der Waals surface area contributed by atoms with Crippen molar-refractivity contribution in [2.24, 2.45) is 0 Å². The van der Waals surface area contributed by atoms with Gasteiger partial charge >= 0.3 is 0 Å². The maximum Gasteiger partial charge on any atom is 0.266 e. The summed E-state index contributed by atoms with van der Waals surface area (Å²) in [7, 11) is 3.93. The van der Waals surface area contributed by atoms with E-state index in [4.69, 9.17) is 16.3 Å². The molecule has 0 N–H and O–H groups in total. The minimum Gasteiger partial charge on any atom is -0.478 e. The Bertz CT molecular complexity index is 862. The smallest absolute Gasteiger partial charge is 0.266 e. The van der Waals surface area contributed by atoms with Crippen molar-refractivity contribution in [1.29, 1.82) is 0 Å². The average Bonchev–Trinajstić information content (AvgIpc) is 2.68. The molecule has 1 aromatic heterocycles. The maximum absolute atomic E-state index is 13.1. The average molecular weight is 418 g/mol. The Morgan fingerprint density at radius 3 is 2.31 bits per heavy atom. The highest BCUT2D eigenvalue weighted by molar-refractivity contribution is 6.30. The van der Waals surface area contributed by atoms with Crippen LogP contribution in [0.4, 0.5) is 11.8 Å². The van der Waals surface area contributed by atoms with Crippen LogP contribution in [0, 0.1) is 6.92 Å². The molecule has 29 heavy (non-hydrogen) atoms. The van der Waals surface area contributed by atoms with Crippen LogP contribution < -0.4 is 14.5 Å². The van der Waals surface area contributed by atoms with Gasteiger partial charge in [-0.05, 0) is 45.0 Å². The Morgan fingerprint density at radius 2 is 1.72 bits per heavy atom. The molecule has 1 aromatic carbocycles. The Morgan fingerprint density at radius 1 is 1.10 bits per heavy atom. The van der Waals surface area contributed by atoms with Gasteiger partial charge in [0.05, 0.1) is 0 Å². The number of carbonyl (C=O) groups is 1. The first-order valence-electron chi connectivity index (χ1n) is 9.67. The van der Waals surface area contributed by atoms with Gasteiger partial charge in [-0.3, -0.25) is 4.79 Å². The van der Waals surface area contributed by atoms with Gasteiger partial charge in [0.25, 0.3) is 5.91 Å². The SMILES string of the molecule is Cc1cc(N(C)C)nc(N2CCN(C(=O)C(C)(C)Oc3ccc(Cl)cc3)CC2)n1. The second-order valence-electron chi connectivity index (χ2n) is 7.91. The summed E-state index contributed by atoms with van der Waals surface area (Å²) in [6, 6.07) is 9.00. The van der Waals surface area contributed by atoms with E-state index < -0.39 is 5.60 Å². The second kappa shape index (κ2) is 8.45. The van der Waals surface area contributed by atoms with Crippen molar-refractivity contribution < 1.29 is 9.53 Å². The lowest BCUT2D eigenvalue weighted by atomic mass is 10.1. The molecule has 1 fully saturated rings. The van der Waals surface area contributed by atoms with Crippen molar-refractivity contribution in [2.45, 2.75) is 26.4 Å².